The van der Waals surface area contributed by atoms with E-state index in [1.807, 2.05) is 24.3 Å². The Morgan fingerprint density at radius 1 is 1.38 bits per heavy atom. The molecule has 1 heterocycles. The maximum atomic E-state index is 12.7. The van der Waals surface area contributed by atoms with Crippen LogP contribution in [0.3, 0.4) is 0 Å². The molecular formula is C17H22N2O2. The van der Waals surface area contributed by atoms with Crippen molar-refractivity contribution in [3.05, 3.63) is 48.5 Å². The van der Waals surface area contributed by atoms with Gasteiger partial charge in [0.05, 0.1) is 7.11 Å². The Balaban J connectivity index is 2.27. The number of carbonyl (C=O) groups excluding carboxylic acids is 1. The molecule has 112 valence electrons. The molecule has 0 fully saturated rings. The third-order valence-corrected chi connectivity index (χ3v) is 3.68. The van der Waals surface area contributed by atoms with Gasteiger partial charge in [-0.25, -0.2) is 4.98 Å². The topological polar surface area (TPSA) is 44.1 Å². The predicted octanol–water partition coefficient (Wildman–Crippen LogP) is 3.44. The Kier molecular flexibility index (Phi) is 4.46. The Bertz CT molecular complexity index is 598. The molecule has 1 atom stereocenters. The number of nitrogens with zero attached hydrogens (tertiary/aromatic N) is 2. The van der Waals surface area contributed by atoms with Crippen molar-refractivity contribution < 1.29 is 9.53 Å². The summed E-state index contributed by atoms with van der Waals surface area (Å²) in [7, 11) is 1.65. The molecule has 2 aromatic rings. The smallest absolute Gasteiger partial charge is 0.235 e. The average Bonchev–Trinajstić information content (AvgIpc) is 2.97. The van der Waals surface area contributed by atoms with Crippen LogP contribution in [-0.2, 0) is 6.42 Å². The summed E-state index contributed by atoms with van der Waals surface area (Å²) in [5.74, 6) is 0.761. The maximum absolute atomic E-state index is 12.7. The molecule has 0 spiro atoms. The van der Waals surface area contributed by atoms with Crippen molar-refractivity contribution in [3.63, 3.8) is 0 Å². The third kappa shape index (κ3) is 3.72. The van der Waals surface area contributed by atoms with E-state index in [4.69, 9.17) is 4.74 Å². The molecule has 0 aliphatic heterocycles. The zero-order valence-corrected chi connectivity index (χ0v) is 13.0. The van der Waals surface area contributed by atoms with E-state index < -0.39 is 0 Å². The Morgan fingerprint density at radius 2 is 2.14 bits per heavy atom. The zero-order valence-electron chi connectivity index (χ0n) is 13.0. The number of ether oxygens (including phenoxy) is 1. The summed E-state index contributed by atoms with van der Waals surface area (Å²) in [5.41, 5.74) is 0.965. The molecule has 1 aromatic carbocycles. The quantitative estimate of drug-likeness (QED) is 0.865. The lowest BCUT2D eigenvalue weighted by Gasteiger charge is -2.29. The van der Waals surface area contributed by atoms with Crippen molar-refractivity contribution in [2.24, 2.45) is 11.3 Å². The van der Waals surface area contributed by atoms with Crippen LogP contribution >= 0.6 is 0 Å². The molecule has 0 aliphatic rings. The molecule has 1 aromatic heterocycles. The fraction of sp³-hybridized carbons (Fsp3) is 0.412. The average molecular weight is 286 g/mol. The minimum atomic E-state index is -0.134. The van der Waals surface area contributed by atoms with Gasteiger partial charge in [0.15, 0.2) is 0 Å². The van der Waals surface area contributed by atoms with Crippen molar-refractivity contribution >= 4 is 5.91 Å². The van der Waals surface area contributed by atoms with Gasteiger partial charge in [-0.1, -0.05) is 32.9 Å². The lowest BCUT2D eigenvalue weighted by atomic mass is 9.76. The van der Waals surface area contributed by atoms with Gasteiger partial charge >= 0.3 is 0 Å². The zero-order chi connectivity index (χ0) is 15.5. The normalized spacial score (nSPS) is 13.0. The van der Waals surface area contributed by atoms with Gasteiger partial charge in [-0.05, 0) is 29.5 Å². The second kappa shape index (κ2) is 6.12. The lowest BCUT2D eigenvalue weighted by Crippen LogP contribution is -2.33. The van der Waals surface area contributed by atoms with E-state index >= 15 is 0 Å². The number of carbonyl (C=O) groups is 1. The predicted molar refractivity (Wildman–Crippen MR) is 82.5 cm³/mol. The van der Waals surface area contributed by atoms with Crippen LogP contribution in [0.4, 0.5) is 0 Å². The van der Waals surface area contributed by atoms with E-state index in [0.717, 1.165) is 11.3 Å². The van der Waals surface area contributed by atoms with Crippen molar-refractivity contribution in [2.45, 2.75) is 27.2 Å². The first-order valence-electron chi connectivity index (χ1n) is 7.07. The van der Waals surface area contributed by atoms with E-state index in [-0.39, 0.29) is 17.2 Å². The largest absolute Gasteiger partial charge is 0.497 e. The summed E-state index contributed by atoms with van der Waals surface area (Å²) in [5, 5.41) is 0. The monoisotopic (exact) mass is 286 g/mol. The molecule has 0 bridgehead atoms. The highest BCUT2D eigenvalue weighted by atomic mass is 16.5. The molecule has 1 unspecified atom stereocenters. The van der Waals surface area contributed by atoms with Gasteiger partial charge in [-0.15, -0.1) is 0 Å². The van der Waals surface area contributed by atoms with Crippen LogP contribution in [0.25, 0.3) is 0 Å². The Hall–Kier alpha value is -2.10. The standard InChI is InChI=1S/C17H22N2O2/c1-17(2,3)15(16(20)19-9-8-18-12-19)11-13-6-5-7-14(10-13)21-4/h5-10,12,15H,11H2,1-4H3. The molecule has 0 N–H and O–H groups in total. The van der Waals surface area contributed by atoms with Crippen molar-refractivity contribution in [1.29, 1.82) is 0 Å². The highest BCUT2D eigenvalue weighted by Gasteiger charge is 2.32. The number of aromatic nitrogens is 2. The minimum absolute atomic E-state index is 0.0721. The summed E-state index contributed by atoms with van der Waals surface area (Å²) in [4.78, 5) is 16.7. The molecule has 0 aliphatic carbocycles. The van der Waals surface area contributed by atoms with Crippen LogP contribution in [0, 0.1) is 11.3 Å². The van der Waals surface area contributed by atoms with E-state index in [2.05, 4.69) is 25.8 Å². The van der Waals surface area contributed by atoms with E-state index in [1.54, 1.807) is 30.4 Å². The van der Waals surface area contributed by atoms with E-state index in [0.29, 0.717) is 6.42 Å². The first-order valence-corrected chi connectivity index (χ1v) is 7.07. The molecule has 21 heavy (non-hydrogen) atoms. The molecule has 0 saturated carbocycles. The number of hydrogen-bond donors (Lipinski definition) is 0. The maximum Gasteiger partial charge on any atom is 0.235 e. The Morgan fingerprint density at radius 3 is 2.71 bits per heavy atom. The van der Waals surface area contributed by atoms with Gasteiger partial charge in [0, 0.05) is 18.3 Å². The summed E-state index contributed by atoms with van der Waals surface area (Å²) in [6.45, 7) is 6.27. The van der Waals surface area contributed by atoms with Crippen molar-refractivity contribution in [2.75, 3.05) is 7.11 Å². The number of imidazole rings is 1. The molecular weight excluding hydrogens is 264 g/mol. The highest BCUT2D eigenvalue weighted by molar-refractivity contribution is 5.82. The fourth-order valence-electron chi connectivity index (χ4n) is 2.37. The minimum Gasteiger partial charge on any atom is -0.497 e. The SMILES string of the molecule is COc1cccc(CC(C(=O)n2ccnc2)C(C)(C)C)c1. The van der Waals surface area contributed by atoms with Crippen LogP contribution < -0.4 is 4.74 Å². The van der Waals surface area contributed by atoms with Gasteiger partial charge < -0.3 is 4.74 Å². The molecule has 0 amide bonds. The number of rotatable bonds is 4. The molecule has 4 heteroatoms. The van der Waals surface area contributed by atoms with Crippen LogP contribution in [-0.4, -0.2) is 22.6 Å². The second-order valence-corrected chi connectivity index (χ2v) is 6.28. The van der Waals surface area contributed by atoms with Gasteiger partial charge in [0.25, 0.3) is 0 Å². The summed E-state index contributed by atoms with van der Waals surface area (Å²) >= 11 is 0. The van der Waals surface area contributed by atoms with Gasteiger partial charge in [-0.2, -0.15) is 0 Å². The van der Waals surface area contributed by atoms with Crippen LogP contribution in [0.1, 0.15) is 31.1 Å². The van der Waals surface area contributed by atoms with Crippen molar-refractivity contribution in [3.8, 4) is 5.75 Å². The molecule has 0 saturated heterocycles. The highest BCUT2D eigenvalue weighted by Crippen LogP contribution is 2.31. The summed E-state index contributed by atoms with van der Waals surface area (Å²) in [6.07, 6.45) is 5.57. The first kappa shape index (κ1) is 15.3. The fourth-order valence-corrected chi connectivity index (χ4v) is 2.37. The number of benzene rings is 1. The lowest BCUT2D eigenvalue weighted by molar-refractivity contribution is 0.0724. The molecule has 2 rings (SSSR count). The van der Waals surface area contributed by atoms with Crippen LogP contribution in [0.5, 0.6) is 5.75 Å². The summed E-state index contributed by atoms with van der Waals surface area (Å²) < 4.78 is 6.82. The van der Waals surface area contributed by atoms with Crippen molar-refractivity contribution in [1.82, 2.24) is 9.55 Å². The Labute approximate surface area is 125 Å². The van der Waals surface area contributed by atoms with Crippen LogP contribution in [0.2, 0.25) is 0 Å². The van der Waals surface area contributed by atoms with E-state index in [1.165, 1.54) is 0 Å². The van der Waals surface area contributed by atoms with Gasteiger partial charge in [0.2, 0.25) is 5.91 Å². The second-order valence-electron chi connectivity index (χ2n) is 6.28. The molecule has 4 nitrogen and oxygen atoms in total. The third-order valence-electron chi connectivity index (χ3n) is 3.68. The first-order chi connectivity index (χ1) is 9.91. The van der Waals surface area contributed by atoms with Gasteiger partial charge in [0.1, 0.15) is 12.1 Å². The molecule has 0 radical (unpaired) electrons. The number of hydrogen-bond acceptors (Lipinski definition) is 3. The van der Waals surface area contributed by atoms with E-state index in [9.17, 15) is 4.79 Å². The van der Waals surface area contributed by atoms with Gasteiger partial charge in [-0.3, -0.25) is 9.36 Å². The summed E-state index contributed by atoms with van der Waals surface area (Å²) in [6, 6.07) is 7.88. The number of methoxy groups -OCH3 is 1. The van der Waals surface area contributed by atoms with Crippen LogP contribution in [0.15, 0.2) is 43.0 Å².